The van der Waals surface area contributed by atoms with E-state index in [0.717, 1.165) is 22.6 Å². The van der Waals surface area contributed by atoms with Gasteiger partial charge in [0.2, 0.25) is 0 Å². The molecule has 0 saturated carbocycles. The van der Waals surface area contributed by atoms with Gasteiger partial charge in [-0.15, -0.1) is 0 Å². The van der Waals surface area contributed by atoms with Crippen molar-refractivity contribution in [2.45, 2.75) is 0 Å². The van der Waals surface area contributed by atoms with Crippen LogP contribution in [-0.4, -0.2) is 0 Å². The largest absolute Gasteiger partial charge is 0.456 e. The van der Waals surface area contributed by atoms with Crippen molar-refractivity contribution in [3.8, 4) is 33.8 Å². The first-order chi connectivity index (χ1) is 19.3. The van der Waals surface area contributed by atoms with Gasteiger partial charge in [0.25, 0.3) is 0 Å². The van der Waals surface area contributed by atoms with Crippen molar-refractivity contribution in [2.75, 3.05) is 0 Å². The Morgan fingerprint density at radius 3 is 1.72 bits per heavy atom. The minimum absolute atomic E-state index is 0.909. The van der Waals surface area contributed by atoms with Gasteiger partial charge in [-0.2, -0.15) is 0 Å². The van der Waals surface area contributed by atoms with Crippen LogP contribution in [0.1, 0.15) is 0 Å². The highest BCUT2D eigenvalue weighted by atomic mass is 16.5. The third-order valence-electron chi connectivity index (χ3n) is 8.42. The predicted molar refractivity (Wildman–Crippen MR) is 165 cm³/mol. The van der Waals surface area contributed by atoms with Crippen LogP contribution in [0, 0.1) is 0 Å². The van der Waals surface area contributed by atoms with Crippen molar-refractivity contribution >= 4 is 53.9 Å². The van der Waals surface area contributed by atoms with Gasteiger partial charge < -0.3 is 4.74 Å². The van der Waals surface area contributed by atoms with Gasteiger partial charge in [0.05, 0.1) is 0 Å². The zero-order valence-electron chi connectivity index (χ0n) is 21.1. The maximum atomic E-state index is 6.54. The van der Waals surface area contributed by atoms with Gasteiger partial charge >= 0.3 is 0 Å². The van der Waals surface area contributed by atoms with E-state index in [1.54, 1.807) is 0 Å². The fourth-order valence-electron chi connectivity index (χ4n) is 6.74. The molecule has 1 aliphatic heterocycles. The van der Waals surface area contributed by atoms with Gasteiger partial charge in [-0.25, -0.2) is 0 Å². The fourth-order valence-corrected chi connectivity index (χ4v) is 6.74. The molecule has 0 atom stereocenters. The average molecular weight is 495 g/mol. The van der Waals surface area contributed by atoms with Crippen LogP contribution >= 0.6 is 0 Å². The highest BCUT2D eigenvalue weighted by Crippen LogP contribution is 2.49. The maximum Gasteiger partial charge on any atom is 0.135 e. The summed E-state index contributed by atoms with van der Waals surface area (Å²) in [6.07, 6.45) is 0. The number of rotatable bonds is 1. The summed E-state index contributed by atoms with van der Waals surface area (Å²) in [6.45, 7) is 0. The molecule has 0 N–H and O–H groups in total. The molecule has 8 aromatic carbocycles. The minimum atomic E-state index is 0.909. The van der Waals surface area contributed by atoms with Crippen LogP contribution in [0.5, 0.6) is 11.5 Å². The molecule has 180 valence electrons. The van der Waals surface area contributed by atoms with Crippen LogP contribution < -0.4 is 4.74 Å². The van der Waals surface area contributed by atoms with Gasteiger partial charge in [-0.1, -0.05) is 109 Å². The molecular weight excluding hydrogens is 472 g/mol. The second kappa shape index (κ2) is 7.69. The summed E-state index contributed by atoms with van der Waals surface area (Å²) < 4.78 is 6.54. The van der Waals surface area contributed by atoms with Crippen LogP contribution in [-0.2, 0) is 0 Å². The Kier molecular flexibility index (Phi) is 4.11. The lowest BCUT2D eigenvalue weighted by Crippen LogP contribution is -1.97. The molecule has 0 fully saturated rings. The van der Waals surface area contributed by atoms with Crippen molar-refractivity contribution in [3.63, 3.8) is 0 Å². The zero-order valence-corrected chi connectivity index (χ0v) is 21.1. The van der Waals surface area contributed by atoms with Crippen LogP contribution in [0.4, 0.5) is 0 Å². The molecule has 0 spiro atoms. The monoisotopic (exact) mass is 494 g/mol. The molecule has 39 heavy (non-hydrogen) atoms. The summed E-state index contributed by atoms with van der Waals surface area (Å²) in [6, 6.07) is 48.3. The van der Waals surface area contributed by atoms with Crippen LogP contribution in [0.2, 0.25) is 0 Å². The summed E-state index contributed by atoms with van der Waals surface area (Å²) in [4.78, 5) is 0. The number of ether oxygens (including phenoxy) is 1. The second-order valence-electron chi connectivity index (χ2n) is 10.5. The van der Waals surface area contributed by atoms with E-state index in [4.69, 9.17) is 4.74 Å². The molecule has 0 unspecified atom stereocenters. The molecule has 9 rings (SSSR count). The lowest BCUT2D eigenvalue weighted by Gasteiger charge is -2.22. The normalized spacial score (nSPS) is 12.3. The number of hydrogen-bond acceptors (Lipinski definition) is 1. The van der Waals surface area contributed by atoms with Gasteiger partial charge in [0.1, 0.15) is 11.5 Å². The van der Waals surface area contributed by atoms with Crippen molar-refractivity contribution < 1.29 is 4.74 Å². The molecule has 0 bridgehead atoms. The Labute approximate surface area is 225 Å². The summed E-state index contributed by atoms with van der Waals surface area (Å²) in [5, 5.41) is 12.7. The van der Waals surface area contributed by atoms with Crippen molar-refractivity contribution in [2.24, 2.45) is 0 Å². The quantitative estimate of drug-likeness (QED) is 0.206. The Morgan fingerprint density at radius 2 is 0.949 bits per heavy atom. The van der Waals surface area contributed by atoms with E-state index >= 15 is 0 Å². The molecule has 8 aromatic rings. The molecule has 1 aliphatic rings. The first-order valence-electron chi connectivity index (χ1n) is 13.4. The topological polar surface area (TPSA) is 9.23 Å². The lowest BCUT2D eigenvalue weighted by atomic mass is 9.87. The highest BCUT2D eigenvalue weighted by Gasteiger charge is 2.21. The molecular formula is C38H22O. The second-order valence-corrected chi connectivity index (χ2v) is 10.5. The Hall–Kier alpha value is -5.14. The van der Waals surface area contributed by atoms with E-state index in [2.05, 4.69) is 133 Å². The predicted octanol–water partition coefficient (Wildman–Crippen LogP) is 10.9. The summed E-state index contributed by atoms with van der Waals surface area (Å²) in [5.74, 6) is 1.83. The third kappa shape index (κ3) is 2.85. The van der Waals surface area contributed by atoms with Gasteiger partial charge in [-0.3, -0.25) is 0 Å². The lowest BCUT2D eigenvalue weighted by molar-refractivity contribution is 0.487. The number of benzene rings is 8. The van der Waals surface area contributed by atoms with E-state index < -0.39 is 0 Å². The first-order valence-corrected chi connectivity index (χ1v) is 13.4. The van der Waals surface area contributed by atoms with E-state index in [9.17, 15) is 0 Å². The number of hydrogen-bond donors (Lipinski definition) is 0. The Morgan fingerprint density at radius 1 is 0.333 bits per heavy atom. The molecule has 1 heterocycles. The van der Waals surface area contributed by atoms with Gasteiger partial charge in [0, 0.05) is 10.9 Å². The molecule has 0 aliphatic carbocycles. The molecule has 0 amide bonds. The van der Waals surface area contributed by atoms with E-state index in [1.165, 1.54) is 65.0 Å². The van der Waals surface area contributed by atoms with Crippen LogP contribution in [0.3, 0.4) is 0 Å². The minimum Gasteiger partial charge on any atom is -0.456 e. The SMILES string of the molecule is c1cc2c3c(cccc3c1)-c1ccc(-c3cc4c5ccccc5c5ccccc5c4c4ccccc34)cc1O2. The van der Waals surface area contributed by atoms with Gasteiger partial charge in [-0.05, 0) is 89.4 Å². The Bertz CT molecular complexity index is 2300. The number of fused-ring (bicyclic) bond motifs is 10. The smallest absolute Gasteiger partial charge is 0.135 e. The Balaban J connectivity index is 1.38. The molecule has 1 heteroatoms. The third-order valence-corrected chi connectivity index (χ3v) is 8.42. The van der Waals surface area contributed by atoms with Gasteiger partial charge in [0.15, 0.2) is 0 Å². The zero-order chi connectivity index (χ0) is 25.5. The molecule has 0 saturated heterocycles. The first kappa shape index (κ1) is 20.9. The van der Waals surface area contributed by atoms with Crippen LogP contribution in [0.15, 0.2) is 133 Å². The molecule has 0 aromatic heterocycles. The summed E-state index contributed by atoms with van der Waals surface area (Å²) >= 11 is 0. The molecule has 1 nitrogen and oxygen atoms in total. The van der Waals surface area contributed by atoms with Crippen molar-refractivity contribution in [1.82, 2.24) is 0 Å². The molecule has 0 radical (unpaired) electrons. The standard InChI is InChI=1S/C38H22O/c1-2-13-27-25(11-1)26-12-3-5-15-30(26)38-31-16-6-4-14-28(31)33(22-34(27)38)24-19-20-29-32-17-7-9-23-10-8-18-35(37(23)32)39-36(29)21-24/h1-22H. The summed E-state index contributed by atoms with van der Waals surface area (Å²) in [5.41, 5.74) is 4.76. The van der Waals surface area contributed by atoms with Crippen molar-refractivity contribution in [1.29, 1.82) is 0 Å². The van der Waals surface area contributed by atoms with Crippen molar-refractivity contribution in [3.05, 3.63) is 133 Å². The average Bonchev–Trinajstić information content (AvgIpc) is 3.00. The highest BCUT2D eigenvalue weighted by molar-refractivity contribution is 6.33. The fraction of sp³-hybridized carbons (Fsp3) is 0. The van der Waals surface area contributed by atoms with E-state index in [-0.39, 0.29) is 0 Å². The van der Waals surface area contributed by atoms with E-state index in [0.29, 0.717) is 0 Å². The summed E-state index contributed by atoms with van der Waals surface area (Å²) in [7, 11) is 0. The maximum absolute atomic E-state index is 6.54. The van der Waals surface area contributed by atoms with Crippen LogP contribution in [0.25, 0.3) is 76.1 Å². The van der Waals surface area contributed by atoms with E-state index in [1.807, 2.05) is 0 Å².